The van der Waals surface area contributed by atoms with E-state index < -0.39 is 0 Å². The molecule has 1 aliphatic heterocycles. The van der Waals surface area contributed by atoms with Gasteiger partial charge >= 0.3 is 6.03 Å². The molecule has 1 rings (SSSR count). The quantitative estimate of drug-likeness (QED) is 0.556. The molecule has 1 fully saturated rings. The third kappa shape index (κ3) is 3.09. The van der Waals surface area contributed by atoms with Crippen LogP contribution in [0.2, 0.25) is 0 Å². The monoisotopic (exact) mass is 171 g/mol. The van der Waals surface area contributed by atoms with Crippen LogP contribution in [0.25, 0.3) is 0 Å². The molecule has 0 aromatic carbocycles. The summed E-state index contributed by atoms with van der Waals surface area (Å²) in [7, 11) is 0. The van der Waals surface area contributed by atoms with E-state index in [-0.39, 0.29) is 6.03 Å². The summed E-state index contributed by atoms with van der Waals surface area (Å²) in [5, 5.41) is 8.75. The van der Waals surface area contributed by atoms with Crippen molar-refractivity contribution in [3.63, 3.8) is 0 Å². The largest absolute Gasteiger partial charge is 0.338 e. The second-order valence-electron chi connectivity index (χ2n) is 3.60. The zero-order chi connectivity index (χ0) is 8.97. The van der Waals surface area contributed by atoms with Crippen LogP contribution >= 0.6 is 0 Å². The lowest BCUT2D eigenvalue weighted by Gasteiger charge is -2.28. The van der Waals surface area contributed by atoms with Crippen molar-refractivity contribution in [2.24, 2.45) is 5.92 Å². The second kappa shape index (κ2) is 4.30. The Kier molecular flexibility index (Phi) is 3.34. The van der Waals surface area contributed by atoms with Gasteiger partial charge < -0.3 is 16.0 Å². The Morgan fingerprint density at radius 1 is 1.58 bits per heavy atom. The van der Waals surface area contributed by atoms with Crippen molar-refractivity contribution in [2.75, 3.05) is 19.6 Å². The standard InChI is InChI=1S/C8H17N3O/c1-6(2)3-10-8(12)11-7-4-9-5-7/h6-7,9H,3-5H2,1-2H3,(H2,10,11,12). The van der Waals surface area contributed by atoms with Gasteiger partial charge in [-0.3, -0.25) is 0 Å². The first kappa shape index (κ1) is 9.32. The molecule has 1 saturated heterocycles. The maximum absolute atomic E-state index is 11.1. The van der Waals surface area contributed by atoms with Gasteiger partial charge in [0.25, 0.3) is 0 Å². The molecule has 0 aliphatic carbocycles. The van der Waals surface area contributed by atoms with Crippen molar-refractivity contribution in [2.45, 2.75) is 19.9 Å². The van der Waals surface area contributed by atoms with E-state index in [9.17, 15) is 4.79 Å². The van der Waals surface area contributed by atoms with Gasteiger partial charge in [-0.2, -0.15) is 0 Å². The Balaban J connectivity index is 2.03. The Morgan fingerprint density at radius 3 is 2.67 bits per heavy atom. The highest BCUT2D eigenvalue weighted by Gasteiger charge is 2.18. The molecule has 0 saturated carbocycles. The minimum Gasteiger partial charge on any atom is -0.338 e. The van der Waals surface area contributed by atoms with Crippen LogP contribution in [-0.4, -0.2) is 31.7 Å². The molecule has 70 valence electrons. The van der Waals surface area contributed by atoms with Gasteiger partial charge in [-0.15, -0.1) is 0 Å². The third-order valence-corrected chi connectivity index (χ3v) is 1.79. The van der Waals surface area contributed by atoms with Crippen molar-refractivity contribution in [3.05, 3.63) is 0 Å². The number of urea groups is 1. The maximum Gasteiger partial charge on any atom is 0.315 e. The number of hydrogen-bond donors (Lipinski definition) is 3. The molecular formula is C8H17N3O. The molecule has 0 bridgehead atoms. The summed E-state index contributed by atoms with van der Waals surface area (Å²) in [6.07, 6.45) is 0. The summed E-state index contributed by atoms with van der Waals surface area (Å²) in [5.74, 6) is 0.510. The molecule has 2 amide bonds. The fourth-order valence-corrected chi connectivity index (χ4v) is 0.924. The van der Waals surface area contributed by atoms with Gasteiger partial charge in [-0.1, -0.05) is 13.8 Å². The number of amides is 2. The van der Waals surface area contributed by atoms with Crippen LogP contribution in [0.1, 0.15) is 13.8 Å². The minimum atomic E-state index is -0.0461. The van der Waals surface area contributed by atoms with Crippen molar-refractivity contribution in [1.82, 2.24) is 16.0 Å². The van der Waals surface area contributed by atoms with E-state index in [2.05, 4.69) is 29.8 Å². The Bertz CT molecular complexity index is 154. The number of hydrogen-bond acceptors (Lipinski definition) is 2. The molecule has 1 aliphatic rings. The predicted molar refractivity (Wildman–Crippen MR) is 48.0 cm³/mol. The highest BCUT2D eigenvalue weighted by molar-refractivity contribution is 5.74. The summed E-state index contributed by atoms with van der Waals surface area (Å²) in [6, 6.07) is 0.285. The maximum atomic E-state index is 11.1. The van der Waals surface area contributed by atoms with Gasteiger partial charge in [0.2, 0.25) is 0 Å². The fourth-order valence-electron chi connectivity index (χ4n) is 0.924. The van der Waals surface area contributed by atoms with Crippen molar-refractivity contribution < 1.29 is 4.79 Å². The Labute approximate surface area is 73.1 Å². The van der Waals surface area contributed by atoms with E-state index >= 15 is 0 Å². The molecule has 0 unspecified atom stereocenters. The Hall–Kier alpha value is -0.770. The van der Waals surface area contributed by atoms with Crippen molar-refractivity contribution in [1.29, 1.82) is 0 Å². The van der Waals surface area contributed by atoms with Crippen LogP contribution in [-0.2, 0) is 0 Å². The molecule has 3 N–H and O–H groups in total. The molecule has 12 heavy (non-hydrogen) atoms. The van der Waals surface area contributed by atoms with E-state index in [1.807, 2.05) is 0 Å². The van der Waals surface area contributed by atoms with E-state index in [0.29, 0.717) is 12.0 Å². The fraction of sp³-hybridized carbons (Fsp3) is 0.875. The summed E-state index contributed by atoms with van der Waals surface area (Å²) in [6.45, 7) is 6.69. The lowest BCUT2D eigenvalue weighted by atomic mass is 10.2. The third-order valence-electron chi connectivity index (χ3n) is 1.79. The first-order valence-electron chi connectivity index (χ1n) is 4.43. The molecule has 0 aromatic rings. The minimum absolute atomic E-state index is 0.0461. The van der Waals surface area contributed by atoms with Crippen LogP contribution in [0.3, 0.4) is 0 Å². The van der Waals surface area contributed by atoms with Gasteiger partial charge in [-0.05, 0) is 5.92 Å². The van der Waals surface area contributed by atoms with E-state index in [4.69, 9.17) is 0 Å². The summed E-state index contributed by atoms with van der Waals surface area (Å²) in [5.41, 5.74) is 0. The number of rotatable bonds is 3. The van der Waals surface area contributed by atoms with Gasteiger partial charge in [0.1, 0.15) is 0 Å². The van der Waals surface area contributed by atoms with Gasteiger partial charge in [0, 0.05) is 19.6 Å². The van der Waals surface area contributed by atoms with Crippen LogP contribution in [0, 0.1) is 5.92 Å². The van der Waals surface area contributed by atoms with Crippen LogP contribution in [0.4, 0.5) is 4.79 Å². The molecule has 0 aromatic heterocycles. The lowest BCUT2D eigenvalue weighted by molar-refractivity contribution is 0.230. The van der Waals surface area contributed by atoms with Crippen molar-refractivity contribution >= 4 is 6.03 Å². The van der Waals surface area contributed by atoms with Gasteiger partial charge in [0.15, 0.2) is 0 Å². The van der Waals surface area contributed by atoms with E-state index in [0.717, 1.165) is 19.6 Å². The van der Waals surface area contributed by atoms with Gasteiger partial charge in [-0.25, -0.2) is 4.79 Å². The topological polar surface area (TPSA) is 53.2 Å². The summed E-state index contributed by atoms with van der Waals surface area (Å²) >= 11 is 0. The van der Waals surface area contributed by atoms with E-state index in [1.165, 1.54) is 0 Å². The zero-order valence-electron chi connectivity index (χ0n) is 7.68. The molecule has 0 atom stereocenters. The molecule has 4 heteroatoms. The number of nitrogens with one attached hydrogen (secondary N) is 3. The summed E-state index contributed by atoms with van der Waals surface area (Å²) in [4.78, 5) is 11.1. The van der Waals surface area contributed by atoms with Crippen LogP contribution in [0.15, 0.2) is 0 Å². The first-order chi connectivity index (χ1) is 5.68. The number of carbonyl (C=O) groups excluding carboxylic acids is 1. The van der Waals surface area contributed by atoms with Crippen LogP contribution < -0.4 is 16.0 Å². The van der Waals surface area contributed by atoms with E-state index in [1.54, 1.807) is 0 Å². The van der Waals surface area contributed by atoms with Crippen molar-refractivity contribution in [3.8, 4) is 0 Å². The summed E-state index contributed by atoms with van der Waals surface area (Å²) < 4.78 is 0. The first-order valence-corrected chi connectivity index (χ1v) is 4.43. The molecule has 4 nitrogen and oxygen atoms in total. The highest BCUT2D eigenvalue weighted by atomic mass is 16.2. The SMILES string of the molecule is CC(C)CNC(=O)NC1CNC1. The molecule has 0 radical (unpaired) electrons. The average Bonchev–Trinajstić information content (AvgIpc) is 1.93. The zero-order valence-corrected chi connectivity index (χ0v) is 7.68. The molecule has 0 spiro atoms. The second-order valence-corrected chi connectivity index (χ2v) is 3.60. The predicted octanol–water partition coefficient (Wildman–Crippen LogP) is -0.0866. The normalized spacial score (nSPS) is 17.2. The molecular weight excluding hydrogens is 154 g/mol. The number of carbonyl (C=O) groups is 1. The smallest absolute Gasteiger partial charge is 0.315 e. The molecule has 1 heterocycles. The van der Waals surface area contributed by atoms with Gasteiger partial charge in [0.05, 0.1) is 6.04 Å². The van der Waals surface area contributed by atoms with Crippen LogP contribution in [0.5, 0.6) is 0 Å². The average molecular weight is 171 g/mol. The lowest BCUT2D eigenvalue weighted by Crippen LogP contribution is -2.58. The highest BCUT2D eigenvalue weighted by Crippen LogP contribution is 1.90. The Morgan fingerprint density at radius 2 is 2.25 bits per heavy atom.